The monoisotopic (exact) mass is 346 g/mol. The Morgan fingerprint density at radius 3 is 2.33 bits per heavy atom. The van der Waals surface area contributed by atoms with Crippen LogP contribution in [-0.2, 0) is 6.54 Å². The van der Waals surface area contributed by atoms with Crippen molar-refractivity contribution < 1.29 is 9.72 Å². The molecule has 0 aliphatic rings. The highest BCUT2D eigenvalue weighted by molar-refractivity contribution is 6.32. The number of hydrogen-bond acceptors (Lipinski definition) is 3. The Balaban J connectivity index is 2.38. The van der Waals surface area contributed by atoms with Crippen LogP contribution in [0.25, 0.3) is 0 Å². The Labute approximate surface area is 146 Å². The fraction of sp³-hybridized carbons (Fsp3) is 0.278. The number of carbonyl (C=O) groups is 1. The van der Waals surface area contributed by atoms with Gasteiger partial charge in [-0.05, 0) is 38.5 Å². The van der Waals surface area contributed by atoms with Gasteiger partial charge in [0.05, 0.1) is 4.92 Å². The number of hydrogen-bond donors (Lipinski definition) is 0. The lowest BCUT2D eigenvalue weighted by Crippen LogP contribution is -2.45. The van der Waals surface area contributed by atoms with E-state index in [1.54, 1.807) is 4.90 Å². The Kier molecular flexibility index (Phi) is 5.24. The summed E-state index contributed by atoms with van der Waals surface area (Å²) < 4.78 is 0. The van der Waals surface area contributed by atoms with E-state index in [2.05, 4.69) is 0 Å². The van der Waals surface area contributed by atoms with E-state index in [0.29, 0.717) is 6.54 Å². The number of nitro benzene ring substituents is 1. The first-order valence-corrected chi connectivity index (χ1v) is 7.88. The van der Waals surface area contributed by atoms with Crippen LogP contribution >= 0.6 is 11.6 Å². The number of benzene rings is 2. The highest BCUT2D eigenvalue weighted by atomic mass is 35.5. The van der Waals surface area contributed by atoms with Gasteiger partial charge < -0.3 is 4.90 Å². The second-order valence-electron chi connectivity index (χ2n) is 6.47. The molecule has 0 unspecified atom stereocenters. The number of nitrogens with zero attached hydrogens (tertiary/aromatic N) is 2. The highest BCUT2D eigenvalue weighted by Gasteiger charge is 2.28. The molecule has 6 heteroatoms. The second kappa shape index (κ2) is 7.01. The smallest absolute Gasteiger partial charge is 0.288 e. The van der Waals surface area contributed by atoms with Crippen molar-refractivity contribution in [1.29, 1.82) is 0 Å². The summed E-state index contributed by atoms with van der Waals surface area (Å²) in [5.41, 5.74) is 0.527. The molecule has 2 aromatic carbocycles. The number of rotatable bonds is 4. The Hall–Kier alpha value is -2.40. The van der Waals surface area contributed by atoms with Crippen LogP contribution < -0.4 is 0 Å². The van der Waals surface area contributed by atoms with Crippen LogP contribution in [0.5, 0.6) is 0 Å². The maximum atomic E-state index is 12.9. The summed E-state index contributed by atoms with van der Waals surface area (Å²) in [4.78, 5) is 25.1. The first-order valence-electron chi connectivity index (χ1n) is 7.50. The molecule has 0 fully saturated rings. The summed E-state index contributed by atoms with van der Waals surface area (Å²) in [5, 5.41) is 11.1. The number of carbonyl (C=O) groups excluding carboxylic acids is 1. The van der Waals surface area contributed by atoms with Crippen LogP contribution in [-0.4, -0.2) is 21.3 Å². The van der Waals surface area contributed by atoms with Crippen molar-refractivity contribution in [3.63, 3.8) is 0 Å². The van der Waals surface area contributed by atoms with Gasteiger partial charge in [-0.1, -0.05) is 41.9 Å². The molecule has 0 saturated heterocycles. The normalized spacial score (nSPS) is 11.2. The molecule has 2 aromatic rings. The zero-order valence-electron chi connectivity index (χ0n) is 13.8. The molecule has 0 aromatic heterocycles. The van der Waals surface area contributed by atoms with Crippen LogP contribution in [0.15, 0.2) is 48.5 Å². The average Bonchev–Trinajstić information content (AvgIpc) is 2.52. The predicted molar refractivity (Wildman–Crippen MR) is 94.2 cm³/mol. The van der Waals surface area contributed by atoms with Gasteiger partial charge in [0.25, 0.3) is 11.6 Å². The van der Waals surface area contributed by atoms with E-state index in [1.807, 2.05) is 51.1 Å². The first-order chi connectivity index (χ1) is 11.2. The van der Waals surface area contributed by atoms with E-state index in [0.717, 1.165) is 5.56 Å². The molecule has 5 nitrogen and oxygen atoms in total. The molecular weight excluding hydrogens is 328 g/mol. The van der Waals surface area contributed by atoms with Gasteiger partial charge in [-0.2, -0.15) is 0 Å². The lowest BCUT2D eigenvalue weighted by atomic mass is 10.0. The van der Waals surface area contributed by atoms with E-state index in [9.17, 15) is 14.9 Å². The van der Waals surface area contributed by atoms with Gasteiger partial charge in [0.2, 0.25) is 0 Å². The molecule has 0 saturated carbocycles. The third kappa shape index (κ3) is 4.11. The third-order valence-electron chi connectivity index (χ3n) is 3.63. The lowest BCUT2D eigenvalue weighted by molar-refractivity contribution is -0.384. The summed E-state index contributed by atoms with van der Waals surface area (Å²) in [6, 6.07) is 13.7. The first kappa shape index (κ1) is 17.9. The number of nitro groups is 1. The van der Waals surface area contributed by atoms with Crippen LogP contribution in [0.2, 0.25) is 5.02 Å². The van der Waals surface area contributed by atoms with Gasteiger partial charge in [-0.3, -0.25) is 14.9 Å². The van der Waals surface area contributed by atoms with Gasteiger partial charge in [0.15, 0.2) is 0 Å². The predicted octanol–water partition coefficient (Wildman–Crippen LogP) is 4.69. The fourth-order valence-corrected chi connectivity index (χ4v) is 2.51. The zero-order chi connectivity index (χ0) is 17.9. The number of halogens is 1. The molecular formula is C18H19ClN2O3. The van der Waals surface area contributed by atoms with Gasteiger partial charge in [0, 0.05) is 23.7 Å². The lowest BCUT2D eigenvalue weighted by Gasteiger charge is -2.36. The second-order valence-corrected chi connectivity index (χ2v) is 6.88. The van der Waals surface area contributed by atoms with Crippen molar-refractivity contribution >= 4 is 23.2 Å². The van der Waals surface area contributed by atoms with Gasteiger partial charge in [0.1, 0.15) is 5.02 Å². The van der Waals surface area contributed by atoms with Crippen LogP contribution in [0.1, 0.15) is 36.7 Å². The Bertz CT molecular complexity index is 755. The summed E-state index contributed by atoms with van der Waals surface area (Å²) in [6.45, 7) is 6.20. The molecule has 0 N–H and O–H groups in total. The maximum absolute atomic E-state index is 12.9. The third-order valence-corrected chi connectivity index (χ3v) is 3.95. The van der Waals surface area contributed by atoms with Crippen LogP contribution in [0.3, 0.4) is 0 Å². The van der Waals surface area contributed by atoms with Crippen molar-refractivity contribution in [3.05, 3.63) is 74.8 Å². The van der Waals surface area contributed by atoms with E-state index in [4.69, 9.17) is 11.6 Å². The quantitative estimate of drug-likeness (QED) is 0.596. The van der Waals surface area contributed by atoms with Crippen molar-refractivity contribution in [3.8, 4) is 0 Å². The van der Waals surface area contributed by atoms with Crippen molar-refractivity contribution in [2.75, 3.05) is 0 Å². The minimum absolute atomic E-state index is 0.0157. The molecule has 0 aliphatic carbocycles. The van der Waals surface area contributed by atoms with Gasteiger partial charge >= 0.3 is 0 Å². The van der Waals surface area contributed by atoms with E-state index >= 15 is 0 Å². The van der Waals surface area contributed by atoms with E-state index in [1.165, 1.54) is 18.2 Å². The molecule has 0 atom stereocenters. The van der Waals surface area contributed by atoms with Gasteiger partial charge in [-0.25, -0.2) is 0 Å². The minimum atomic E-state index is -0.586. The summed E-state index contributed by atoms with van der Waals surface area (Å²) in [7, 11) is 0. The van der Waals surface area contributed by atoms with Gasteiger partial charge in [-0.15, -0.1) is 0 Å². The van der Waals surface area contributed by atoms with Crippen molar-refractivity contribution in [2.45, 2.75) is 32.9 Å². The van der Waals surface area contributed by atoms with E-state index < -0.39 is 10.5 Å². The summed E-state index contributed by atoms with van der Waals surface area (Å²) in [6.07, 6.45) is 0. The molecule has 0 heterocycles. The topological polar surface area (TPSA) is 63.5 Å². The average molecular weight is 347 g/mol. The maximum Gasteiger partial charge on any atom is 0.288 e. The Morgan fingerprint density at radius 1 is 1.17 bits per heavy atom. The molecule has 24 heavy (non-hydrogen) atoms. The molecule has 126 valence electrons. The molecule has 0 aliphatic heterocycles. The Morgan fingerprint density at radius 2 is 1.79 bits per heavy atom. The minimum Gasteiger partial charge on any atom is -0.329 e. The molecule has 1 amide bonds. The van der Waals surface area contributed by atoms with Crippen molar-refractivity contribution in [1.82, 2.24) is 4.90 Å². The number of amides is 1. The highest BCUT2D eigenvalue weighted by Crippen LogP contribution is 2.27. The van der Waals surface area contributed by atoms with Crippen molar-refractivity contribution in [2.24, 2.45) is 0 Å². The molecule has 2 rings (SSSR count). The largest absolute Gasteiger partial charge is 0.329 e. The van der Waals surface area contributed by atoms with Crippen LogP contribution in [0.4, 0.5) is 5.69 Å². The molecule has 0 bridgehead atoms. The summed E-state index contributed by atoms with van der Waals surface area (Å²) in [5.74, 6) is -0.272. The van der Waals surface area contributed by atoms with Crippen LogP contribution in [0, 0.1) is 10.1 Å². The standard InChI is InChI=1S/C18H19ClN2O3/c1-18(2,3)20(12-13-7-5-4-6-8-13)17(22)14-9-10-15(19)16(11-14)21(23)24/h4-11H,12H2,1-3H3. The molecule has 0 radical (unpaired) electrons. The SMILES string of the molecule is CC(C)(C)N(Cc1ccccc1)C(=O)c1ccc(Cl)c([N+](=O)[O-])c1. The zero-order valence-corrected chi connectivity index (χ0v) is 14.6. The molecule has 0 spiro atoms. The summed E-state index contributed by atoms with van der Waals surface area (Å²) >= 11 is 5.83. The van der Waals surface area contributed by atoms with E-state index in [-0.39, 0.29) is 22.2 Å². The fourth-order valence-electron chi connectivity index (χ4n) is 2.32.